The second kappa shape index (κ2) is 5.53. The maximum Gasteiger partial charge on any atom is 0.302 e. The van der Waals surface area contributed by atoms with Gasteiger partial charge in [0.15, 0.2) is 0 Å². The molecule has 1 spiro atoms. The highest BCUT2D eigenvalue weighted by atomic mass is 16.7. The van der Waals surface area contributed by atoms with Crippen molar-refractivity contribution in [3.63, 3.8) is 0 Å². The van der Waals surface area contributed by atoms with Crippen molar-refractivity contribution in [3.8, 4) is 0 Å². The zero-order chi connectivity index (χ0) is 18.9. The summed E-state index contributed by atoms with van der Waals surface area (Å²) in [6.45, 7) is 7.26. The van der Waals surface area contributed by atoms with Crippen molar-refractivity contribution in [2.75, 3.05) is 13.2 Å². The van der Waals surface area contributed by atoms with Crippen molar-refractivity contribution in [2.24, 2.45) is 10.8 Å². The molecule has 2 heterocycles. The molecule has 4 rings (SSSR count). The Balaban J connectivity index is 1.82. The number of fused-ring (bicyclic) bond motifs is 2. The number of epoxide rings is 1. The van der Waals surface area contributed by atoms with E-state index in [9.17, 15) is 14.7 Å². The minimum absolute atomic E-state index is 0.0407. The highest BCUT2D eigenvalue weighted by Crippen LogP contribution is 2.71. The third-order valence-electron chi connectivity index (χ3n) is 7.00. The molecule has 2 aliphatic carbocycles. The van der Waals surface area contributed by atoms with Gasteiger partial charge in [0.25, 0.3) is 0 Å². The molecular weight excluding hydrogens is 340 g/mol. The quantitative estimate of drug-likeness (QED) is 0.454. The molecule has 0 aromatic rings. The number of rotatable bonds is 3. The van der Waals surface area contributed by atoms with Gasteiger partial charge in [0.1, 0.15) is 24.4 Å². The Labute approximate surface area is 152 Å². The van der Waals surface area contributed by atoms with Gasteiger partial charge in [-0.15, -0.1) is 0 Å². The van der Waals surface area contributed by atoms with Gasteiger partial charge in [-0.2, -0.15) is 0 Å². The van der Waals surface area contributed by atoms with Crippen LogP contribution in [0.5, 0.6) is 0 Å². The Kier molecular flexibility index (Phi) is 3.82. The van der Waals surface area contributed by atoms with Crippen molar-refractivity contribution < 1.29 is 33.6 Å². The Hall–Kier alpha value is -1.44. The maximum atomic E-state index is 11.6. The minimum Gasteiger partial charge on any atom is -0.465 e. The fourth-order valence-corrected chi connectivity index (χ4v) is 5.67. The number of hydrogen-bond donors (Lipinski definition) is 1. The Morgan fingerprint density at radius 3 is 2.62 bits per heavy atom. The first kappa shape index (κ1) is 17.9. The first-order valence-corrected chi connectivity index (χ1v) is 9.12. The highest BCUT2D eigenvalue weighted by Gasteiger charge is 2.83. The molecule has 1 saturated carbocycles. The number of carbonyl (C=O) groups excluding carboxylic acids is 2. The highest BCUT2D eigenvalue weighted by molar-refractivity contribution is 5.66. The number of ether oxygens (including phenoxy) is 4. The van der Waals surface area contributed by atoms with Crippen LogP contribution in [0.1, 0.15) is 40.5 Å². The van der Waals surface area contributed by atoms with Crippen molar-refractivity contribution >= 4 is 11.9 Å². The van der Waals surface area contributed by atoms with Crippen LogP contribution < -0.4 is 0 Å². The molecule has 26 heavy (non-hydrogen) atoms. The Bertz CT molecular complexity index is 681. The lowest BCUT2D eigenvalue weighted by atomic mass is 9.51. The summed E-state index contributed by atoms with van der Waals surface area (Å²) in [6.07, 6.45) is 0.972. The third kappa shape index (κ3) is 2.11. The Morgan fingerprint density at radius 1 is 1.35 bits per heavy atom. The number of aliphatic hydroxyl groups is 1. The molecule has 144 valence electrons. The van der Waals surface area contributed by atoms with E-state index < -0.39 is 40.7 Å². The van der Waals surface area contributed by atoms with Crippen molar-refractivity contribution in [3.05, 3.63) is 11.6 Å². The first-order valence-electron chi connectivity index (χ1n) is 9.12. The average Bonchev–Trinajstić information content (AvgIpc) is 3.28. The zero-order valence-electron chi connectivity index (χ0n) is 15.6. The largest absolute Gasteiger partial charge is 0.465 e. The topological polar surface area (TPSA) is 94.6 Å². The minimum atomic E-state index is -0.847. The molecule has 7 nitrogen and oxygen atoms in total. The van der Waals surface area contributed by atoms with Crippen LogP contribution in [0.4, 0.5) is 0 Å². The van der Waals surface area contributed by atoms with Gasteiger partial charge in [0.2, 0.25) is 0 Å². The molecule has 1 N–H and O–H groups in total. The van der Waals surface area contributed by atoms with Gasteiger partial charge in [-0.25, -0.2) is 0 Å². The van der Waals surface area contributed by atoms with Gasteiger partial charge in [0.05, 0.1) is 24.2 Å². The summed E-state index contributed by atoms with van der Waals surface area (Å²) in [6, 6.07) is 0. The number of esters is 2. The van der Waals surface area contributed by atoms with Crippen LogP contribution in [0.15, 0.2) is 11.6 Å². The lowest BCUT2D eigenvalue weighted by Gasteiger charge is -2.59. The van der Waals surface area contributed by atoms with E-state index in [1.807, 2.05) is 19.9 Å². The molecule has 0 aromatic heterocycles. The van der Waals surface area contributed by atoms with Crippen molar-refractivity contribution in [1.82, 2.24) is 0 Å². The second-order valence-electron chi connectivity index (χ2n) is 8.39. The van der Waals surface area contributed by atoms with Gasteiger partial charge < -0.3 is 24.1 Å². The molecule has 3 fully saturated rings. The summed E-state index contributed by atoms with van der Waals surface area (Å²) in [7, 11) is 0. The molecule has 0 radical (unpaired) electrons. The Morgan fingerprint density at radius 2 is 2.04 bits per heavy atom. The van der Waals surface area contributed by atoms with E-state index in [-0.39, 0.29) is 18.7 Å². The van der Waals surface area contributed by atoms with Gasteiger partial charge in [-0.1, -0.05) is 18.6 Å². The molecule has 7 heteroatoms. The molecule has 0 amide bonds. The van der Waals surface area contributed by atoms with E-state index in [1.54, 1.807) is 0 Å². The summed E-state index contributed by atoms with van der Waals surface area (Å²) >= 11 is 0. The monoisotopic (exact) mass is 366 g/mol. The van der Waals surface area contributed by atoms with Crippen LogP contribution in [0.3, 0.4) is 0 Å². The van der Waals surface area contributed by atoms with Crippen LogP contribution in [0, 0.1) is 10.8 Å². The SMILES string of the molecule is CC(=O)OC[C@]12[C@H](C=C(C)C[C@@H]1O)O[C@H]1[C@H](OC(C)=O)C[C@]2(C)C12CO2. The molecule has 1 unspecified atom stereocenters. The molecule has 4 aliphatic rings. The number of hydrogen-bond acceptors (Lipinski definition) is 7. The normalized spacial score (nSPS) is 48.6. The first-order chi connectivity index (χ1) is 12.2. The van der Waals surface area contributed by atoms with Crippen molar-refractivity contribution in [1.29, 1.82) is 0 Å². The van der Waals surface area contributed by atoms with E-state index >= 15 is 0 Å². The summed E-state index contributed by atoms with van der Waals surface area (Å²) in [5.41, 5.74) is -0.996. The lowest BCUT2D eigenvalue weighted by Crippen LogP contribution is -2.69. The van der Waals surface area contributed by atoms with Crippen LogP contribution in [-0.2, 0) is 28.5 Å². The van der Waals surface area contributed by atoms with Crippen LogP contribution >= 0.6 is 0 Å². The van der Waals surface area contributed by atoms with E-state index in [4.69, 9.17) is 18.9 Å². The van der Waals surface area contributed by atoms with E-state index in [2.05, 4.69) is 0 Å². The van der Waals surface area contributed by atoms with Gasteiger partial charge in [-0.05, 0) is 19.8 Å². The summed E-state index contributed by atoms with van der Waals surface area (Å²) in [4.78, 5) is 23.2. The van der Waals surface area contributed by atoms with E-state index in [0.29, 0.717) is 19.4 Å². The summed E-state index contributed by atoms with van der Waals surface area (Å²) < 4.78 is 23.3. The molecule has 0 aromatic carbocycles. The predicted molar refractivity (Wildman–Crippen MR) is 89.1 cm³/mol. The van der Waals surface area contributed by atoms with Gasteiger partial charge >= 0.3 is 11.9 Å². The smallest absolute Gasteiger partial charge is 0.302 e. The maximum absolute atomic E-state index is 11.6. The standard InChI is InChI=1S/C19H26O7/c1-10-5-14(22)18(8-23-11(2)20)15(6-10)26-16-13(25-12(3)21)7-17(18,4)19(16)9-24-19/h6,13-16,22H,5,7-9H2,1-4H3/t13-,14+,15+,16+,17+,18-,19?/m1/s1. The zero-order valence-corrected chi connectivity index (χ0v) is 15.6. The average molecular weight is 366 g/mol. The molecule has 2 saturated heterocycles. The van der Waals surface area contributed by atoms with Crippen LogP contribution in [-0.4, -0.2) is 60.3 Å². The molecule has 2 bridgehead atoms. The van der Waals surface area contributed by atoms with Gasteiger partial charge in [-0.3, -0.25) is 9.59 Å². The van der Waals surface area contributed by atoms with Gasteiger partial charge in [0, 0.05) is 19.3 Å². The molecular formula is C19H26O7. The molecule has 2 aliphatic heterocycles. The second-order valence-corrected chi connectivity index (χ2v) is 8.39. The predicted octanol–water partition coefficient (Wildman–Crippen LogP) is 1.12. The summed E-state index contributed by atoms with van der Waals surface area (Å²) in [5.74, 6) is -0.766. The fourth-order valence-electron chi connectivity index (χ4n) is 5.67. The number of carbonyl (C=O) groups is 2. The van der Waals surface area contributed by atoms with E-state index in [0.717, 1.165) is 5.57 Å². The van der Waals surface area contributed by atoms with E-state index in [1.165, 1.54) is 13.8 Å². The van der Waals surface area contributed by atoms with Crippen LogP contribution in [0.2, 0.25) is 0 Å². The van der Waals surface area contributed by atoms with Crippen molar-refractivity contribution in [2.45, 2.75) is 70.6 Å². The summed E-state index contributed by atoms with van der Waals surface area (Å²) in [5, 5.41) is 11.2. The lowest BCUT2D eigenvalue weighted by molar-refractivity contribution is -0.252. The molecule has 7 atom stereocenters. The third-order valence-corrected chi connectivity index (χ3v) is 7.00. The number of aliphatic hydroxyl groups excluding tert-OH is 1. The van der Waals surface area contributed by atoms with Crippen LogP contribution in [0.25, 0.3) is 0 Å². The fraction of sp³-hybridized carbons (Fsp3) is 0.789.